The Labute approximate surface area is 168 Å². The minimum Gasteiger partial charge on any atom is -0.481 e. The predicted octanol–water partition coefficient (Wildman–Crippen LogP) is 5.96. The third-order valence-electron chi connectivity index (χ3n) is 5.46. The number of carboxylic acids is 1. The van der Waals surface area contributed by atoms with Crippen LogP contribution in [-0.4, -0.2) is 21.9 Å². The second-order valence-electron chi connectivity index (χ2n) is 7.15. The van der Waals surface area contributed by atoms with Crippen molar-refractivity contribution in [2.45, 2.75) is 43.0 Å². The molecule has 0 aliphatic heterocycles. The second kappa shape index (κ2) is 7.61. The lowest BCUT2D eigenvalue weighted by Gasteiger charge is -2.24. The minimum absolute atomic E-state index is 0.0729. The van der Waals surface area contributed by atoms with Crippen molar-refractivity contribution in [2.24, 2.45) is 0 Å². The maximum atomic E-state index is 11.5. The molecule has 5 heteroatoms. The van der Waals surface area contributed by atoms with E-state index in [1.54, 1.807) is 11.8 Å². The van der Waals surface area contributed by atoms with Crippen LogP contribution in [0.4, 0.5) is 0 Å². The van der Waals surface area contributed by atoms with Crippen LogP contribution >= 0.6 is 23.4 Å². The van der Waals surface area contributed by atoms with Crippen molar-refractivity contribution in [3.8, 4) is 0 Å². The molecule has 1 heterocycles. The van der Waals surface area contributed by atoms with Crippen molar-refractivity contribution in [1.82, 2.24) is 4.57 Å². The monoisotopic (exact) mass is 399 g/mol. The van der Waals surface area contributed by atoms with E-state index in [0.29, 0.717) is 0 Å². The molecule has 2 aromatic carbocycles. The van der Waals surface area contributed by atoms with E-state index in [1.165, 1.54) is 32.6 Å². The number of hydrogen-bond acceptors (Lipinski definition) is 2. The third-order valence-corrected chi connectivity index (χ3v) is 6.44. The van der Waals surface area contributed by atoms with Gasteiger partial charge in [-0.05, 0) is 67.0 Å². The Hall–Kier alpha value is -1.91. The molecule has 3 nitrogen and oxygen atoms in total. The van der Waals surface area contributed by atoms with Crippen LogP contribution in [-0.2, 0) is 17.8 Å². The lowest BCUT2D eigenvalue weighted by Crippen LogP contribution is -2.17. The van der Waals surface area contributed by atoms with Gasteiger partial charge in [0.2, 0.25) is 0 Å². The van der Waals surface area contributed by atoms with Gasteiger partial charge in [0.15, 0.2) is 0 Å². The highest BCUT2D eigenvalue weighted by molar-refractivity contribution is 7.98. The zero-order valence-corrected chi connectivity index (χ0v) is 16.8. The molecule has 1 aromatic heterocycles. The first-order valence-electron chi connectivity index (χ1n) is 9.22. The summed E-state index contributed by atoms with van der Waals surface area (Å²) < 4.78 is 2.34. The van der Waals surface area contributed by atoms with E-state index in [1.807, 2.05) is 24.3 Å². The first-order valence-corrected chi connectivity index (χ1v) is 10.8. The maximum absolute atomic E-state index is 11.5. The van der Waals surface area contributed by atoms with Gasteiger partial charge in [0, 0.05) is 39.0 Å². The molecule has 1 atom stereocenters. The van der Waals surface area contributed by atoms with Gasteiger partial charge in [0.25, 0.3) is 0 Å². The number of fused-ring (bicyclic) bond motifs is 3. The number of benzene rings is 2. The fourth-order valence-corrected chi connectivity index (χ4v) is 4.86. The Morgan fingerprint density at radius 3 is 2.74 bits per heavy atom. The lowest BCUT2D eigenvalue weighted by atomic mass is 9.84. The van der Waals surface area contributed by atoms with Gasteiger partial charge in [0.05, 0.1) is 6.42 Å². The van der Waals surface area contributed by atoms with Gasteiger partial charge in [0.1, 0.15) is 0 Å². The molecule has 0 spiro atoms. The molecule has 140 valence electrons. The molecule has 1 N–H and O–H groups in total. The summed E-state index contributed by atoms with van der Waals surface area (Å²) in [7, 11) is 0. The van der Waals surface area contributed by atoms with Crippen LogP contribution in [0.2, 0.25) is 5.02 Å². The van der Waals surface area contributed by atoms with Crippen molar-refractivity contribution in [3.05, 3.63) is 64.3 Å². The van der Waals surface area contributed by atoms with Crippen molar-refractivity contribution in [2.75, 3.05) is 6.26 Å². The van der Waals surface area contributed by atoms with Gasteiger partial charge in [-0.25, -0.2) is 0 Å². The highest BCUT2D eigenvalue weighted by atomic mass is 35.5. The lowest BCUT2D eigenvalue weighted by molar-refractivity contribution is -0.137. The summed E-state index contributed by atoms with van der Waals surface area (Å²) in [6.45, 7) is 0.734. The molecule has 0 radical (unpaired) electrons. The summed E-state index contributed by atoms with van der Waals surface area (Å²) >= 11 is 7.79. The van der Waals surface area contributed by atoms with Gasteiger partial charge in [-0.15, -0.1) is 11.8 Å². The molecular weight excluding hydrogens is 378 g/mol. The molecule has 0 saturated carbocycles. The topological polar surface area (TPSA) is 42.2 Å². The van der Waals surface area contributed by atoms with E-state index in [9.17, 15) is 9.90 Å². The van der Waals surface area contributed by atoms with Crippen molar-refractivity contribution < 1.29 is 9.90 Å². The largest absolute Gasteiger partial charge is 0.481 e. The number of nitrogens with zero attached hydrogens (tertiary/aromatic N) is 1. The molecule has 1 aliphatic carbocycles. The third kappa shape index (κ3) is 3.61. The van der Waals surface area contributed by atoms with Crippen LogP contribution < -0.4 is 0 Å². The molecular formula is C22H22ClNO2S. The summed E-state index contributed by atoms with van der Waals surface area (Å²) in [5.74, 6) is -0.648. The van der Waals surface area contributed by atoms with Crippen LogP contribution in [0, 0.1) is 0 Å². The Balaban J connectivity index is 1.89. The van der Waals surface area contributed by atoms with Crippen LogP contribution in [0.15, 0.2) is 47.4 Å². The fraction of sp³-hybridized carbons (Fsp3) is 0.318. The summed E-state index contributed by atoms with van der Waals surface area (Å²) in [6.07, 6.45) is 5.29. The van der Waals surface area contributed by atoms with Crippen LogP contribution in [0.1, 0.15) is 42.0 Å². The number of aromatic nitrogens is 1. The number of rotatable bonds is 5. The van der Waals surface area contributed by atoms with Gasteiger partial charge in [-0.1, -0.05) is 23.7 Å². The number of carboxylic acid groups (broad SMARTS) is 1. The molecule has 0 bridgehead atoms. The number of aryl methyl sites for hydroxylation is 1. The first kappa shape index (κ1) is 18.5. The molecule has 1 unspecified atom stereocenters. The SMILES string of the molecule is CSc1ccc2c(c1)c1c(n2Cc2ccc(Cl)cc2)C(CC(=O)O)CCC1. The Bertz CT molecular complexity index is 994. The van der Waals surface area contributed by atoms with Crippen molar-refractivity contribution in [1.29, 1.82) is 0 Å². The van der Waals surface area contributed by atoms with Gasteiger partial charge < -0.3 is 9.67 Å². The molecule has 0 saturated heterocycles. The number of hydrogen-bond donors (Lipinski definition) is 1. The predicted molar refractivity (Wildman–Crippen MR) is 112 cm³/mol. The summed E-state index contributed by atoms with van der Waals surface area (Å²) in [4.78, 5) is 12.7. The summed E-state index contributed by atoms with van der Waals surface area (Å²) in [5.41, 5.74) is 4.93. The van der Waals surface area contributed by atoms with E-state index in [2.05, 4.69) is 29.0 Å². The van der Waals surface area contributed by atoms with Crippen molar-refractivity contribution in [3.63, 3.8) is 0 Å². The maximum Gasteiger partial charge on any atom is 0.304 e. The zero-order valence-electron chi connectivity index (χ0n) is 15.2. The standard InChI is InChI=1S/C22H22ClNO2S/c1-27-17-9-10-20-19(12-17)18-4-2-3-15(11-21(25)26)22(18)24(20)13-14-5-7-16(23)8-6-14/h5-10,12,15H,2-4,11,13H2,1H3,(H,25,26). The molecule has 27 heavy (non-hydrogen) atoms. The number of carbonyl (C=O) groups is 1. The Kier molecular flexibility index (Phi) is 5.20. The second-order valence-corrected chi connectivity index (χ2v) is 8.46. The van der Waals surface area contributed by atoms with Gasteiger partial charge in [-0.3, -0.25) is 4.79 Å². The summed E-state index contributed by atoms with van der Waals surface area (Å²) in [5, 5.41) is 11.4. The molecule has 0 amide bonds. The Morgan fingerprint density at radius 2 is 2.04 bits per heavy atom. The minimum atomic E-state index is -0.721. The van der Waals surface area contributed by atoms with Gasteiger partial charge >= 0.3 is 5.97 Å². The average molecular weight is 400 g/mol. The normalized spacial score (nSPS) is 16.4. The van der Waals surface area contributed by atoms with E-state index in [-0.39, 0.29) is 12.3 Å². The van der Waals surface area contributed by atoms with Gasteiger partial charge in [-0.2, -0.15) is 0 Å². The smallest absolute Gasteiger partial charge is 0.304 e. The van der Waals surface area contributed by atoms with Crippen molar-refractivity contribution >= 4 is 40.2 Å². The molecule has 1 aliphatic rings. The van der Waals surface area contributed by atoms with Crippen LogP contribution in [0.5, 0.6) is 0 Å². The van der Waals surface area contributed by atoms with E-state index in [0.717, 1.165) is 30.8 Å². The molecule has 4 rings (SSSR count). The van der Waals surface area contributed by atoms with E-state index >= 15 is 0 Å². The van der Waals surface area contributed by atoms with Crippen LogP contribution in [0.25, 0.3) is 10.9 Å². The number of halogens is 1. The highest BCUT2D eigenvalue weighted by Gasteiger charge is 2.29. The average Bonchev–Trinajstić information content (AvgIpc) is 2.97. The van der Waals surface area contributed by atoms with E-state index in [4.69, 9.17) is 11.6 Å². The first-order chi connectivity index (χ1) is 13.1. The Morgan fingerprint density at radius 1 is 1.26 bits per heavy atom. The number of thioether (sulfide) groups is 1. The van der Waals surface area contributed by atoms with E-state index < -0.39 is 5.97 Å². The summed E-state index contributed by atoms with van der Waals surface area (Å²) in [6, 6.07) is 14.5. The molecule has 3 aromatic rings. The fourth-order valence-electron chi connectivity index (χ4n) is 4.29. The number of aliphatic carboxylic acids is 1. The zero-order chi connectivity index (χ0) is 19.0. The van der Waals surface area contributed by atoms with Crippen LogP contribution in [0.3, 0.4) is 0 Å². The highest BCUT2D eigenvalue weighted by Crippen LogP contribution is 2.41. The molecule has 0 fully saturated rings. The quantitative estimate of drug-likeness (QED) is 0.538.